The van der Waals surface area contributed by atoms with Gasteiger partial charge in [0, 0.05) is 40.7 Å². The van der Waals surface area contributed by atoms with E-state index in [9.17, 15) is 23.1 Å². The quantitative estimate of drug-likeness (QED) is 0.344. The Hall–Kier alpha value is -3.67. The minimum Gasteiger partial charge on any atom is -0.478 e. The van der Waals surface area contributed by atoms with Gasteiger partial charge in [0.15, 0.2) is 11.6 Å². The summed E-state index contributed by atoms with van der Waals surface area (Å²) in [4.78, 5) is 17.1. The molecule has 0 fully saturated rings. The van der Waals surface area contributed by atoms with Crippen LogP contribution in [-0.2, 0) is 13.0 Å². The Bertz CT molecular complexity index is 1290. The lowest BCUT2D eigenvalue weighted by atomic mass is 10.1. The van der Waals surface area contributed by atoms with Gasteiger partial charge in [0.1, 0.15) is 17.9 Å². The molecule has 34 heavy (non-hydrogen) atoms. The fourth-order valence-electron chi connectivity index (χ4n) is 3.40. The Morgan fingerprint density at radius 1 is 1.24 bits per heavy atom. The number of halogens is 3. The van der Waals surface area contributed by atoms with E-state index in [1.807, 2.05) is 31.4 Å². The van der Waals surface area contributed by atoms with E-state index in [-0.39, 0.29) is 23.1 Å². The van der Waals surface area contributed by atoms with Crippen molar-refractivity contribution < 1.29 is 23.1 Å². The molecule has 4 rings (SSSR count). The summed E-state index contributed by atoms with van der Waals surface area (Å²) in [6, 6.07) is 8.43. The minimum absolute atomic E-state index is 0.0275. The average Bonchev–Trinajstić information content (AvgIpc) is 3.48. The van der Waals surface area contributed by atoms with E-state index in [1.54, 1.807) is 12.3 Å². The average molecular weight is 491 g/mol. The van der Waals surface area contributed by atoms with E-state index in [4.69, 9.17) is 0 Å². The van der Waals surface area contributed by atoms with Crippen molar-refractivity contribution in [2.45, 2.75) is 33.0 Å². The molecule has 4 aromatic rings. The molecule has 0 bridgehead atoms. The van der Waals surface area contributed by atoms with Crippen molar-refractivity contribution in [3.8, 4) is 16.3 Å². The zero-order chi connectivity index (χ0) is 24.5. The molecular formula is C22H21F3N6O2S. The van der Waals surface area contributed by atoms with Crippen LogP contribution in [0, 0.1) is 5.92 Å². The molecule has 0 aliphatic rings. The maximum Gasteiger partial charge on any atom is 0.408 e. The number of aromatic carboxylic acids is 1. The van der Waals surface area contributed by atoms with Gasteiger partial charge in [-0.05, 0) is 29.9 Å². The lowest BCUT2D eigenvalue weighted by molar-refractivity contribution is -0.142. The van der Waals surface area contributed by atoms with Gasteiger partial charge in [-0.25, -0.2) is 14.5 Å². The van der Waals surface area contributed by atoms with Crippen LogP contribution in [0.15, 0.2) is 48.1 Å². The summed E-state index contributed by atoms with van der Waals surface area (Å²) in [7, 11) is 0. The molecule has 0 aliphatic heterocycles. The van der Waals surface area contributed by atoms with Crippen LogP contribution in [0.1, 0.15) is 29.9 Å². The highest BCUT2D eigenvalue weighted by molar-refractivity contribution is 7.13. The number of aromatic nitrogens is 5. The van der Waals surface area contributed by atoms with E-state index in [0.717, 1.165) is 9.56 Å². The summed E-state index contributed by atoms with van der Waals surface area (Å²) >= 11 is 1.47. The van der Waals surface area contributed by atoms with Crippen LogP contribution in [-0.4, -0.2) is 41.8 Å². The van der Waals surface area contributed by atoms with Gasteiger partial charge < -0.3 is 10.4 Å². The number of carboxylic acids is 1. The smallest absolute Gasteiger partial charge is 0.408 e. The predicted octanol–water partition coefficient (Wildman–Crippen LogP) is 5.39. The highest BCUT2D eigenvalue weighted by Gasteiger charge is 2.28. The van der Waals surface area contributed by atoms with Gasteiger partial charge in [0.2, 0.25) is 0 Å². The Morgan fingerprint density at radius 2 is 2.03 bits per heavy atom. The largest absolute Gasteiger partial charge is 0.478 e. The summed E-state index contributed by atoms with van der Waals surface area (Å²) < 4.78 is 40.4. The molecule has 0 aromatic carbocycles. The zero-order valence-electron chi connectivity index (χ0n) is 18.2. The van der Waals surface area contributed by atoms with E-state index >= 15 is 0 Å². The first kappa shape index (κ1) is 23.5. The van der Waals surface area contributed by atoms with Gasteiger partial charge in [-0.15, -0.1) is 16.4 Å². The molecule has 4 heterocycles. The molecule has 0 radical (unpaired) electrons. The monoisotopic (exact) mass is 490 g/mol. The number of hydrogen-bond acceptors (Lipinski definition) is 6. The number of carboxylic acid groups (broad SMARTS) is 1. The number of anilines is 2. The first-order valence-electron chi connectivity index (χ1n) is 10.3. The maximum absolute atomic E-state index is 12.7. The third-order valence-electron chi connectivity index (χ3n) is 4.76. The minimum atomic E-state index is -4.39. The number of hydrogen-bond donors (Lipinski definition) is 2. The van der Waals surface area contributed by atoms with E-state index < -0.39 is 18.7 Å². The maximum atomic E-state index is 12.7. The second-order valence-corrected chi connectivity index (χ2v) is 8.99. The van der Waals surface area contributed by atoms with Crippen LogP contribution in [0.25, 0.3) is 16.3 Å². The summed E-state index contributed by atoms with van der Waals surface area (Å²) in [5.41, 5.74) is 1.36. The summed E-state index contributed by atoms with van der Waals surface area (Å²) in [5.74, 6) is -0.275. The number of nitrogens with zero attached hydrogens (tertiary/aromatic N) is 5. The molecule has 0 saturated heterocycles. The van der Waals surface area contributed by atoms with Gasteiger partial charge in [-0.2, -0.15) is 18.3 Å². The van der Waals surface area contributed by atoms with Crippen molar-refractivity contribution in [1.29, 1.82) is 0 Å². The molecular weight excluding hydrogens is 469 g/mol. The van der Waals surface area contributed by atoms with Crippen molar-refractivity contribution in [2.75, 3.05) is 5.32 Å². The lowest BCUT2D eigenvalue weighted by Gasteiger charge is -2.08. The number of pyridine rings is 1. The van der Waals surface area contributed by atoms with Crippen molar-refractivity contribution in [3.63, 3.8) is 0 Å². The predicted molar refractivity (Wildman–Crippen MR) is 122 cm³/mol. The third kappa shape index (κ3) is 5.45. The number of rotatable bonds is 8. The van der Waals surface area contributed by atoms with Crippen LogP contribution in [0.3, 0.4) is 0 Å². The van der Waals surface area contributed by atoms with E-state index in [1.165, 1.54) is 34.3 Å². The molecule has 8 nitrogen and oxygen atoms in total. The highest BCUT2D eigenvalue weighted by Crippen LogP contribution is 2.29. The van der Waals surface area contributed by atoms with Crippen molar-refractivity contribution in [3.05, 3.63) is 59.4 Å². The van der Waals surface area contributed by atoms with Gasteiger partial charge in [-0.3, -0.25) is 4.68 Å². The van der Waals surface area contributed by atoms with Crippen molar-refractivity contribution >= 4 is 28.9 Å². The normalized spacial score (nSPS) is 11.8. The summed E-state index contributed by atoms with van der Waals surface area (Å²) in [6.07, 6.45) is -0.998. The highest BCUT2D eigenvalue weighted by atomic mass is 32.1. The van der Waals surface area contributed by atoms with Crippen LogP contribution in [0.2, 0.25) is 0 Å². The molecule has 178 valence electrons. The molecule has 0 unspecified atom stereocenters. The van der Waals surface area contributed by atoms with E-state index in [2.05, 4.69) is 20.5 Å². The fraction of sp³-hybridized carbons (Fsp3) is 0.273. The summed E-state index contributed by atoms with van der Waals surface area (Å²) in [6.45, 7) is 2.79. The number of nitrogens with one attached hydrogen (secondary N) is 1. The molecule has 0 aliphatic carbocycles. The van der Waals surface area contributed by atoms with Crippen LogP contribution in [0.5, 0.6) is 0 Å². The van der Waals surface area contributed by atoms with Gasteiger partial charge in [0.05, 0.1) is 0 Å². The van der Waals surface area contributed by atoms with Gasteiger partial charge >= 0.3 is 12.1 Å². The Labute approximate surface area is 196 Å². The standard InChI is InChI=1S/C22H21F3N6O2S/c1-13(2)8-15-10-18(28-31(15)19-5-6-30(29-19)12-22(23,24)25)27-20-16(21(32)33)9-14(11-26-20)17-4-3-7-34-17/h3-7,9-11,13H,8,12H2,1-2H3,(H,32,33)(H,26,27,28). The summed E-state index contributed by atoms with van der Waals surface area (Å²) in [5, 5.41) is 23.0. The Kier molecular flexibility index (Phi) is 6.42. The van der Waals surface area contributed by atoms with Crippen LogP contribution >= 0.6 is 11.3 Å². The second-order valence-electron chi connectivity index (χ2n) is 8.04. The number of thiophene rings is 1. The second kappa shape index (κ2) is 9.29. The van der Waals surface area contributed by atoms with Gasteiger partial charge in [0.25, 0.3) is 0 Å². The zero-order valence-corrected chi connectivity index (χ0v) is 19.1. The third-order valence-corrected chi connectivity index (χ3v) is 5.67. The van der Waals surface area contributed by atoms with Crippen LogP contribution in [0.4, 0.5) is 24.8 Å². The molecule has 2 N–H and O–H groups in total. The van der Waals surface area contributed by atoms with Crippen LogP contribution < -0.4 is 5.32 Å². The fourth-order valence-corrected chi connectivity index (χ4v) is 4.11. The molecule has 0 amide bonds. The molecule has 0 atom stereocenters. The first-order chi connectivity index (χ1) is 16.1. The Morgan fingerprint density at radius 3 is 2.68 bits per heavy atom. The van der Waals surface area contributed by atoms with E-state index in [0.29, 0.717) is 23.5 Å². The molecule has 0 spiro atoms. The van der Waals surface area contributed by atoms with Crippen molar-refractivity contribution in [2.24, 2.45) is 5.92 Å². The van der Waals surface area contributed by atoms with Gasteiger partial charge in [-0.1, -0.05) is 19.9 Å². The van der Waals surface area contributed by atoms with Crippen molar-refractivity contribution in [1.82, 2.24) is 24.5 Å². The SMILES string of the molecule is CC(C)Cc1cc(Nc2ncc(-c3cccs3)cc2C(=O)O)nn1-c1ccn(CC(F)(F)F)n1. The number of alkyl halides is 3. The first-order valence-corrected chi connectivity index (χ1v) is 11.2. The Balaban J connectivity index is 1.67. The number of carbonyl (C=O) groups is 1. The topological polar surface area (TPSA) is 97.9 Å². The molecule has 12 heteroatoms. The molecule has 0 saturated carbocycles. The lowest BCUT2D eigenvalue weighted by Crippen LogP contribution is -2.18. The molecule has 4 aromatic heterocycles.